The van der Waals surface area contributed by atoms with Gasteiger partial charge in [-0.25, -0.2) is 18.4 Å². The van der Waals surface area contributed by atoms with Gasteiger partial charge in [-0.15, -0.1) is 0 Å². The second-order valence-electron chi connectivity index (χ2n) is 6.47. The number of carbonyl (C=O) groups is 2. The zero-order chi connectivity index (χ0) is 16.2. The highest BCUT2D eigenvalue weighted by Gasteiger charge is 2.36. The highest BCUT2D eigenvalue weighted by Crippen LogP contribution is 2.34. The van der Waals surface area contributed by atoms with Gasteiger partial charge in [0.1, 0.15) is 11.6 Å². The molecular weight excluding hydrogens is 284 g/mol. The molecule has 0 aliphatic heterocycles. The lowest BCUT2D eigenvalue weighted by atomic mass is 9.78. The lowest BCUT2D eigenvalue weighted by molar-refractivity contribution is -0.141. The molecule has 1 unspecified atom stereocenters. The first kappa shape index (κ1) is 17.7. The minimum Gasteiger partial charge on any atom is -0.480 e. The van der Waals surface area contributed by atoms with Gasteiger partial charge in [-0.3, -0.25) is 0 Å². The molecule has 1 amide bonds. The molecule has 1 aliphatic rings. The number of alkyl carbamates (subject to hydrolysis) is 1. The minimum absolute atomic E-state index is 0.280. The maximum atomic E-state index is 12.6. The van der Waals surface area contributed by atoms with Crippen LogP contribution in [0, 0.1) is 11.8 Å². The van der Waals surface area contributed by atoms with Crippen molar-refractivity contribution < 1.29 is 28.2 Å². The van der Waals surface area contributed by atoms with Crippen LogP contribution in [-0.4, -0.2) is 35.2 Å². The van der Waals surface area contributed by atoms with Crippen molar-refractivity contribution in [2.45, 2.75) is 64.5 Å². The highest BCUT2D eigenvalue weighted by molar-refractivity contribution is 5.80. The van der Waals surface area contributed by atoms with Crippen molar-refractivity contribution in [3.8, 4) is 0 Å². The molecule has 0 bridgehead atoms. The Balaban J connectivity index is 2.59. The third kappa shape index (κ3) is 5.85. The second-order valence-corrected chi connectivity index (χ2v) is 6.47. The van der Waals surface area contributed by atoms with E-state index >= 15 is 0 Å². The zero-order valence-corrected chi connectivity index (χ0v) is 12.6. The molecule has 2 N–H and O–H groups in total. The molecule has 1 atom stereocenters. The van der Waals surface area contributed by atoms with Crippen molar-refractivity contribution in [3.05, 3.63) is 0 Å². The van der Waals surface area contributed by atoms with E-state index in [0.717, 1.165) is 0 Å². The van der Waals surface area contributed by atoms with Crippen LogP contribution in [0.15, 0.2) is 0 Å². The van der Waals surface area contributed by atoms with Crippen molar-refractivity contribution in [2.24, 2.45) is 11.8 Å². The molecule has 0 aromatic carbocycles. The predicted octanol–water partition coefficient (Wildman–Crippen LogP) is 3.04. The van der Waals surface area contributed by atoms with Gasteiger partial charge in [-0.2, -0.15) is 0 Å². The summed E-state index contributed by atoms with van der Waals surface area (Å²) >= 11 is 0. The average Bonchev–Trinajstić information content (AvgIpc) is 2.33. The molecule has 122 valence electrons. The van der Waals surface area contributed by atoms with E-state index in [9.17, 15) is 23.5 Å². The molecule has 0 saturated heterocycles. The molecular formula is C14H23F2NO4. The van der Waals surface area contributed by atoms with Gasteiger partial charge in [0, 0.05) is 5.92 Å². The summed E-state index contributed by atoms with van der Waals surface area (Å²) in [4.78, 5) is 23.0. The molecule has 0 aromatic heterocycles. The van der Waals surface area contributed by atoms with E-state index in [4.69, 9.17) is 4.74 Å². The van der Waals surface area contributed by atoms with Crippen LogP contribution in [0.4, 0.5) is 13.6 Å². The fourth-order valence-electron chi connectivity index (χ4n) is 2.55. The number of carboxylic acids is 1. The Bertz CT molecular complexity index is 374. The highest BCUT2D eigenvalue weighted by atomic mass is 19.3. The molecule has 7 heteroatoms. The Morgan fingerprint density at radius 2 is 1.62 bits per heavy atom. The number of nitrogens with one attached hydrogen (secondary N) is 1. The average molecular weight is 307 g/mol. The summed E-state index contributed by atoms with van der Waals surface area (Å²) in [6.45, 7) is 5.03. The van der Waals surface area contributed by atoms with E-state index in [1.807, 2.05) is 0 Å². The zero-order valence-electron chi connectivity index (χ0n) is 12.6. The van der Waals surface area contributed by atoms with Gasteiger partial charge in [0.05, 0.1) is 0 Å². The molecule has 5 nitrogen and oxygen atoms in total. The van der Waals surface area contributed by atoms with Crippen LogP contribution >= 0.6 is 0 Å². The molecule has 0 heterocycles. The summed E-state index contributed by atoms with van der Waals surface area (Å²) < 4.78 is 30.2. The van der Waals surface area contributed by atoms with E-state index in [0.29, 0.717) is 12.8 Å². The van der Waals surface area contributed by atoms with E-state index in [1.165, 1.54) is 0 Å². The number of hydrogen-bond donors (Lipinski definition) is 2. The maximum absolute atomic E-state index is 12.6. The molecule has 0 spiro atoms. The van der Waals surface area contributed by atoms with Gasteiger partial charge in [0.2, 0.25) is 6.43 Å². The topological polar surface area (TPSA) is 75.6 Å². The fourth-order valence-corrected chi connectivity index (χ4v) is 2.55. The van der Waals surface area contributed by atoms with Gasteiger partial charge in [-0.1, -0.05) is 0 Å². The van der Waals surface area contributed by atoms with Crippen LogP contribution in [-0.2, 0) is 9.53 Å². The number of rotatable bonds is 4. The van der Waals surface area contributed by atoms with Gasteiger partial charge in [0.15, 0.2) is 0 Å². The molecule has 1 fully saturated rings. The van der Waals surface area contributed by atoms with Gasteiger partial charge < -0.3 is 15.2 Å². The van der Waals surface area contributed by atoms with Crippen molar-refractivity contribution in [3.63, 3.8) is 0 Å². The summed E-state index contributed by atoms with van der Waals surface area (Å²) in [5.74, 6) is -2.18. The monoisotopic (exact) mass is 307 g/mol. The normalized spacial score (nSPS) is 24.5. The second kappa shape index (κ2) is 7.04. The van der Waals surface area contributed by atoms with Gasteiger partial charge in [0.25, 0.3) is 0 Å². The van der Waals surface area contributed by atoms with Crippen molar-refractivity contribution in [2.75, 3.05) is 0 Å². The number of carbonyl (C=O) groups excluding carboxylic acids is 1. The summed E-state index contributed by atoms with van der Waals surface area (Å²) in [6, 6.07) is -1.10. The molecule has 0 radical (unpaired) electrons. The first-order chi connectivity index (χ1) is 9.60. The van der Waals surface area contributed by atoms with E-state index in [-0.39, 0.29) is 18.8 Å². The number of amides is 1. The summed E-state index contributed by atoms with van der Waals surface area (Å²) in [5.41, 5.74) is -0.722. The smallest absolute Gasteiger partial charge is 0.408 e. The van der Waals surface area contributed by atoms with Crippen LogP contribution in [0.1, 0.15) is 46.5 Å². The third-order valence-corrected chi connectivity index (χ3v) is 3.58. The first-order valence-corrected chi connectivity index (χ1v) is 7.10. The largest absolute Gasteiger partial charge is 0.480 e. The van der Waals surface area contributed by atoms with Crippen molar-refractivity contribution in [1.29, 1.82) is 0 Å². The standard InChI is InChI=1S/C14H23F2NO4/c1-14(2,3)21-13(20)17-10(12(18)19)8-4-6-9(7-5-8)11(15)16/h8-11H,4-7H2,1-3H3,(H,17,20)(H,18,19). The molecule has 1 saturated carbocycles. The van der Waals surface area contributed by atoms with E-state index in [2.05, 4.69) is 5.32 Å². The lowest BCUT2D eigenvalue weighted by Crippen LogP contribution is -2.48. The summed E-state index contributed by atoms with van der Waals surface area (Å²) in [5, 5.41) is 11.6. The van der Waals surface area contributed by atoms with Gasteiger partial charge in [-0.05, 0) is 52.4 Å². The lowest BCUT2D eigenvalue weighted by Gasteiger charge is -2.32. The van der Waals surface area contributed by atoms with Crippen LogP contribution in [0.3, 0.4) is 0 Å². The van der Waals surface area contributed by atoms with Crippen LogP contribution in [0.2, 0.25) is 0 Å². The Labute approximate surface area is 123 Å². The number of aliphatic carboxylic acids is 1. The van der Waals surface area contributed by atoms with E-state index in [1.54, 1.807) is 20.8 Å². The number of alkyl halides is 2. The quantitative estimate of drug-likeness (QED) is 0.837. The third-order valence-electron chi connectivity index (χ3n) is 3.58. The number of halogens is 2. The van der Waals surface area contributed by atoms with Crippen LogP contribution in [0.5, 0.6) is 0 Å². The summed E-state index contributed by atoms with van der Waals surface area (Å²) in [6.07, 6.45) is -1.88. The Kier molecular flexibility index (Phi) is 5.92. The Morgan fingerprint density at radius 1 is 1.14 bits per heavy atom. The molecule has 1 aliphatic carbocycles. The van der Waals surface area contributed by atoms with Crippen molar-refractivity contribution >= 4 is 12.1 Å². The van der Waals surface area contributed by atoms with Crippen molar-refractivity contribution in [1.82, 2.24) is 5.32 Å². The van der Waals surface area contributed by atoms with Crippen LogP contribution in [0.25, 0.3) is 0 Å². The van der Waals surface area contributed by atoms with Gasteiger partial charge >= 0.3 is 12.1 Å². The first-order valence-electron chi connectivity index (χ1n) is 7.10. The van der Waals surface area contributed by atoms with Crippen LogP contribution < -0.4 is 5.32 Å². The number of carboxylic acid groups (broad SMARTS) is 1. The Hall–Kier alpha value is -1.40. The fraction of sp³-hybridized carbons (Fsp3) is 0.857. The predicted molar refractivity (Wildman–Crippen MR) is 72.2 cm³/mol. The number of hydrogen-bond acceptors (Lipinski definition) is 3. The summed E-state index contributed by atoms with van der Waals surface area (Å²) in [7, 11) is 0. The molecule has 21 heavy (non-hydrogen) atoms. The minimum atomic E-state index is -2.37. The molecule has 1 rings (SSSR count). The molecule has 0 aromatic rings. The SMILES string of the molecule is CC(C)(C)OC(=O)NC(C(=O)O)C1CCC(C(F)F)CC1. The maximum Gasteiger partial charge on any atom is 0.408 e. The van der Waals surface area contributed by atoms with E-state index < -0.39 is 36.0 Å². The number of ether oxygens (including phenoxy) is 1. The Morgan fingerprint density at radius 3 is 2.00 bits per heavy atom.